The Morgan fingerprint density at radius 3 is 3.00 bits per heavy atom. The number of carbonyl (C=O) groups is 1. The van der Waals surface area contributed by atoms with Crippen LogP contribution in [0.2, 0.25) is 0 Å². The van der Waals surface area contributed by atoms with Gasteiger partial charge in [0.25, 0.3) is 5.91 Å². The minimum atomic E-state index is 0.0596. The van der Waals surface area contributed by atoms with Gasteiger partial charge in [-0.3, -0.25) is 4.79 Å². The quantitative estimate of drug-likeness (QED) is 0.850. The highest BCUT2D eigenvalue weighted by Crippen LogP contribution is 2.50. The number of hydrogen-bond acceptors (Lipinski definition) is 3. The first-order chi connectivity index (χ1) is 9.81. The van der Waals surface area contributed by atoms with Crippen LogP contribution in [-0.4, -0.2) is 28.6 Å². The van der Waals surface area contributed by atoms with Gasteiger partial charge in [-0.25, -0.2) is 0 Å². The van der Waals surface area contributed by atoms with Gasteiger partial charge in [0.2, 0.25) is 0 Å². The van der Waals surface area contributed by atoms with E-state index in [1.54, 1.807) is 6.07 Å². The molecule has 2 aliphatic carbocycles. The van der Waals surface area contributed by atoms with Gasteiger partial charge in [0, 0.05) is 18.7 Å². The molecule has 1 amide bonds. The normalized spacial score (nSPS) is 35.9. The summed E-state index contributed by atoms with van der Waals surface area (Å²) in [5.74, 6) is 2.87. The Balaban J connectivity index is 1.43. The Kier molecular flexibility index (Phi) is 3.04. The first-order valence-electron chi connectivity index (χ1n) is 8.02. The third-order valence-corrected chi connectivity index (χ3v) is 5.75. The second kappa shape index (κ2) is 4.90. The summed E-state index contributed by atoms with van der Waals surface area (Å²) < 4.78 is 4.81. The van der Waals surface area contributed by atoms with E-state index in [0.29, 0.717) is 11.7 Å². The van der Waals surface area contributed by atoms with Gasteiger partial charge in [-0.1, -0.05) is 11.6 Å². The molecule has 108 valence electrons. The summed E-state index contributed by atoms with van der Waals surface area (Å²) in [5.41, 5.74) is 0.463. The molecule has 4 rings (SSSR count). The van der Waals surface area contributed by atoms with Gasteiger partial charge in [0.05, 0.1) is 0 Å². The van der Waals surface area contributed by atoms with Gasteiger partial charge in [-0.15, -0.1) is 0 Å². The van der Waals surface area contributed by atoms with Crippen LogP contribution in [-0.2, 0) is 0 Å². The zero-order valence-corrected chi connectivity index (χ0v) is 11.8. The van der Waals surface area contributed by atoms with Crippen molar-refractivity contribution in [1.82, 2.24) is 10.1 Å². The molecule has 2 heterocycles. The van der Waals surface area contributed by atoms with Gasteiger partial charge in [0.15, 0.2) is 5.69 Å². The summed E-state index contributed by atoms with van der Waals surface area (Å²) in [7, 11) is 0. The molecule has 1 saturated heterocycles. The van der Waals surface area contributed by atoms with E-state index in [4.69, 9.17) is 4.52 Å². The van der Waals surface area contributed by atoms with Crippen LogP contribution in [0.5, 0.6) is 0 Å². The maximum Gasteiger partial charge on any atom is 0.276 e. The van der Waals surface area contributed by atoms with Crippen molar-refractivity contribution in [1.29, 1.82) is 0 Å². The van der Waals surface area contributed by atoms with Crippen LogP contribution in [0.3, 0.4) is 0 Å². The van der Waals surface area contributed by atoms with E-state index in [-0.39, 0.29) is 5.91 Å². The van der Waals surface area contributed by atoms with Gasteiger partial charge >= 0.3 is 0 Å². The minimum absolute atomic E-state index is 0.0596. The zero-order chi connectivity index (χ0) is 13.5. The van der Waals surface area contributed by atoms with E-state index in [2.05, 4.69) is 5.16 Å². The van der Waals surface area contributed by atoms with E-state index in [1.165, 1.54) is 38.4 Å². The SMILES string of the molecule is O=C(c1ccon1)N1CCC[C@H]1C[C@H]1C[C@H]2CC[C@H]1C2. The highest BCUT2D eigenvalue weighted by molar-refractivity contribution is 5.92. The van der Waals surface area contributed by atoms with Crippen molar-refractivity contribution in [2.24, 2.45) is 17.8 Å². The summed E-state index contributed by atoms with van der Waals surface area (Å²) in [6.45, 7) is 0.886. The summed E-state index contributed by atoms with van der Waals surface area (Å²) in [6, 6.07) is 2.11. The Labute approximate surface area is 119 Å². The third kappa shape index (κ3) is 2.05. The Morgan fingerprint density at radius 1 is 1.35 bits per heavy atom. The molecule has 1 aromatic heterocycles. The fraction of sp³-hybridized carbons (Fsp3) is 0.750. The summed E-state index contributed by atoms with van der Waals surface area (Å²) in [6.07, 6.45) is 10.7. The lowest BCUT2D eigenvalue weighted by molar-refractivity contribution is 0.0697. The van der Waals surface area contributed by atoms with Crippen LogP contribution in [0, 0.1) is 17.8 Å². The van der Waals surface area contributed by atoms with Crippen LogP contribution < -0.4 is 0 Å². The number of rotatable bonds is 3. The van der Waals surface area contributed by atoms with Gasteiger partial charge in [-0.2, -0.15) is 0 Å². The first kappa shape index (κ1) is 12.4. The zero-order valence-electron chi connectivity index (χ0n) is 11.8. The van der Waals surface area contributed by atoms with Crippen LogP contribution in [0.15, 0.2) is 16.9 Å². The Hall–Kier alpha value is -1.32. The topological polar surface area (TPSA) is 46.3 Å². The molecule has 4 nitrogen and oxygen atoms in total. The van der Waals surface area contributed by atoms with Gasteiger partial charge in [0.1, 0.15) is 6.26 Å². The molecule has 3 aliphatic rings. The van der Waals surface area contributed by atoms with E-state index >= 15 is 0 Å². The third-order valence-electron chi connectivity index (χ3n) is 5.75. The van der Waals surface area contributed by atoms with Crippen molar-refractivity contribution in [3.05, 3.63) is 18.0 Å². The number of amides is 1. The highest BCUT2D eigenvalue weighted by atomic mass is 16.5. The van der Waals surface area contributed by atoms with E-state index in [9.17, 15) is 4.79 Å². The lowest BCUT2D eigenvalue weighted by atomic mass is 9.83. The highest BCUT2D eigenvalue weighted by Gasteiger charge is 2.42. The molecule has 0 radical (unpaired) electrons. The molecular formula is C16H22N2O2. The average molecular weight is 274 g/mol. The average Bonchev–Trinajstić information content (AvgIpc) is 3.23. The fourth-order valence-electron chi connectivity index (χ4n) is 4.83. The van der Waals surface area contributed by atoms with E-state index in [1.807, 2.05) is 4.90 Å². The van der Waals surface area contributed by atoms with Gasteiger partial charge < -0.3 is 9.42 Å². The van der Waals surface area contributed by atoms with Crippen molar-refractivity contribution in [2.45, 2.75) is 51.0 Å². The monoisotopic (exact) mass is 274 g/mol. The Morgan fingerprint density at radius 2 is 2.30 bits per heavy atom. The lowest BCUT2D eigenvalue weighted by Crippen LogP contribution is -2.37. The minimum Gasteiger partial charge on any atom is -0.364 e. The number of likely N-dealkylation sites (tertiary alicyclic amines) is 1. The molecule has 0 N–H and O–H groups in total. The molecule has 0 spiro atoms. The fourth-order valence-corrected chi connectivity index (χ4v) is 4.83. The molecule has 0 aromatic carbocycles. The van der Waals surface area contributed by atoms with Crippen LogP contribution in [0.25, 0.3) is 0 Å². The molecule has 0 unspecified atom stereocenters. The molecule has 2 saturated carbocycles. The van der Waals surface area contributed by atoms with Crippen molar-refractivity contribution < 1.29 is 9.32 Å². The summed E-state index contributed by atoms with van der Waals surface area (Å²) in [4.78, 5) is 14.5. The molecule has 1 aromatic rings. The predicted octanol–water partition coefficient (Wildman–Crippen LogP) is 3.11. The lowest BCUT2D eigenvalue weighted by Gasteiger charge is -2.29. The largest absolute Gasteiger partial charge is 0.364 e. The summed E-state index contributed by atoms with van der Waals surface area (Å²) >= 11 is 0. The van der Waals surface area contributed by atoms with Crippen LogP contribution in [0.1, 0.15) is 55.4 Å². The first-order valence-corrected chi connectivity index (χ1v) is 8.02. The number of nitrogens with zero attached hydrogens (tertiary/aromatic N) is 2. The van der Waals surface area contributed by atoms with Crippen molar-refractivity contribution in [2.75, 3.05) is 6.54 Å². The molecule has 2 bridgehead atoms. The predicted molar refractivity (Wildman–Crippen MR) is 74.1 cm³/mol. The number of fused-ring (bicyclic) bond motifs is 2. The van der Waals surface area contributed by atoms with Crippen LogP contribution >= 0.6 is 0 Å². The van der Waals surface area contributed by atoms with Crippen molar-refractivity contribution in [3.8, 4) is 0 Å². The number of carbonyl (C=O) groups excluding carboxylic acids is 1. The molecule has 4 heteroatoms. The Bertz CT molecular complexity index is 485. The van der Waals surface area contributed by atoms with E-state index < -0.39 is 0 Å². The number of hydrogen-bond donors (Lipinski definition) is 0. The van der Waals surface area contributed by atoms with E-state index in [0.717, 1.165) is 37.1 Å². The second-order valence-corrected chi connectivity index (χ2v) is 6.85. The van der Waals surface area contributed by atoms with Crippen molar-refractivity contribution >= 4 is 5.91 Å². The molecule has 1 aliphatic heterocycles. The van der Waals surface area contributed by atoms with Crippen LogP contribution in [0.4, 0.5) is 0 Å². The molecular weight excluding hydrogens is 252 g/mol. The molecule has 20 heavy (non-hydrogen) atoms. The second-order valence-electron chi connectivity index (χ2n) is 6.85. The van der Waals surface area contributed by atoms with Crippen molar-refractivity contribution in [3.63, 3.8) is 0 Å². The van der Waals surface area contributed by atoms with Gasteiger partial charge in [-0.05, 0) is 56.3 Å². The molecule has 4 atom stereocenters. The molecule has 3 fully saturated rings. The maximum atomic E-state index is 12.5. The standard InChI is InChI=1S/C16H22N2O2/c19-16(15-5-7-20-17-15)18-6-1-2-14(18)10-13-9-11-3-4-12(13)8-11/h5,7,11-14H,1-4,6,8-10H2/t11-,12-,13+,14-/m0/s1. The smallest absolute Gasteiger partial charge is 0.276 e. The maximum absolute atomic E-state index is 12.5. The summed E-state index contributed by atoms with van der Waals surface area (Å²) in [5, 5.41) is 3.80. The number of aromatic nitrogens is 1.